The van der Waals surface area contributed by atoms with Gasteiger partial charge in [0.05, 0.1) is 0 Å². The average molecular weight is 286 g/mol. The fraction of sp³-hybridized carbons (Fsp3) is 0.684. The highest BCUT2D eigenvalue weighted by atomic mass is 15.1. The molecule has 1 aliphatic carbocycles. The molecule has 2 nitrogen and oxygen atoms in total. The summed E-state index contributed by atoms with van der Waals surface area (Å²) in [6.07, 6.45) is 6.80. The largest absolute Gasteiger partial charge is 0.316 e. The smallest absolute Gasteiger partial charge is 0.0233 e. The summed E-state index contributed by atoms with van der Waals surface area (Å²) in [5, 5.41) is 3.55. The van der Waals surface area contributed by atoms with E-state index < -0.39 is 0 Å². The normalized spacial score (nSPS) is 22.7. The van der Waals surface area contributed by atoms with Gasteiger partial charge in [-0.2, -0.15) is 0 Å². The van der Waals surface area contributed by atoms with Gasteiger partial charge in [-0.05, 0) is 74.7 Å². The maximum absolute atomic E-state index is 3.55. The standard InChI is InChI=1S/C19H30N2/c1-2-11-21(15-17-6-4-10-20-13-17)14-16-5-3-7-19(12-16)18-8-9-18/h3,5,7,12,17-18,20H,2,4,6,8-11,13-15H2,1H3. The number of nitrogens with zero attached hydrogens (tertiary/aromatic N) is 1. The number of hydrogen-bond donors (Lipinski definition) is 1. The number of piperidine rings is 1. The second-order valence-corrected chi connectivity index (χ2v) is 6.97. The van der Waals surface area contributed by atoms with Crippen molar-refractivity contribution in [3.8, 4) is 0 Å². The van der Waals surface area contributed by atoms with E-state index in [9.17, 15) is 0 Å². The summed E-state index contributed by atoms with van der Waals surface area (Å²) in [6.45, 7) is 8.34. The monoisotopic (exact) mass is 286 g/mol. The third-order valence-corrected chi connectivity index (χ3v) is 4.86. The molecule has 116 valence electrons. The van der Waals surface area contributed by atoms with Crippen LogP contribution in [0.3, 0.4) is 0 Å². The molecule has 0 amide bonds. The van der Waals surface area contributed by atoms with Crippen LogP contribution in [0.1, 0.15) is 56.1 Å². The van der Waals surface area contributed by atoms with E-state index >= 15 is 0 Å². The summed E-state index contributed by atoms with van der Waals surface area (Å²) < 4.78 is 0. The maximum atomic E-state index is 3.55. The van der Waals surface area contributed by atoms with Gasteiger partial charge in [-0.15, -0.1) is 0 Å². The van der Waals surface area contributed by atoms with E-state index in [0.717, 1.165) is 18.4 Å². The van der Waals surface area contributed by atoms with E-state index in [4.69, 9.17) is 0 Å². The molecule has 1 saturated carbocycles. The third kappa shape index (κ3) is 4.55. The first-order chi connectivity index (χ1) is 10.3. The Morgan fingerprint density at radius 2 is 2.14 bits per heavy atom. The van der Waals surface area contributed by atoms with Crippen molar-refractivity contribution in [3.63, 3.8) is 0 Å². The highest BCUT2D eigenvalue weighted by molar-refractivity contribution is 5.29. The van der Waals surface area contributed by atoms with Gasteiger partial charge in [-0.3, -0.25) is 4.90 Å². The Morgan fingerprint density at radius 1 is 1.24 bits per heavy atom. The summed E-state index contributed by atoms with van der Waals surface area (Å²) in [5.74, 6) is 1.71. The van der Waals surface area contributed by atoms with E-state index in [2.05, 4.69) is 41.4 Å². The number of nitrogens with one attached hydrogen (secondary N) is 1. The van der Waals surface area contributed by atoms with E-state index in [1.54, 1.807) is 5.56 Å². The van der Waals surface area contributed by atoms with Crippen LogP contribution in [0.15, 0.2) is 24.3 Å². The number of hydrogen-bond acceptors (Lipinski definition) is 2. The summed E-state index contributed by atoms with van der Waals surface area (Å²) in [7, 11) is 0. The topological polar surface area (TPSA) is 15.3 Å². The van der Waals surface area contributed by atoms with Gasteiger partial charge < -0.3 is 5.32 Å². The molecule has 0 bridgehead atoms. The lowest BCUT2D eigenvalue weighted by molar-refractivity contribution is 0.201. The predicted octanol–water partition coefficient (Wildman–Crippen LogP) is 3.78. The second-order valence-electron chi connectivity index (χ2n) is 6.97. The lowest BCUT2D eigenvalue weighted by atomic mass is 9.98. The van der Waals surface area contributed by atoms with Gasteiger partial charge in [-0.1, -0.05) is 31.2 Å². The predicted molar refractivity (Wildman–Crippen MR) is 89.6 cm³/mol. The molecule has 2 heteroatoms. The summed E-state index contributed by atoms with van der Waals surface area (Å²) in [6, 6.07) is 9.35. The third-order valence-electron chi connectivity index (χ3n) is 4.86. The Morgan fingerprint density at radius 3 is 2.86 bits per heavy atom. The van der Waals surface area contributed by atoms with Crippen molar-refractivity contribution in [1.82, 2.24) is 10.2 Å². The van der Waals surface area contributed by atoms with Crippen LogP contribution in [-0.2, 0) is 6.54 Å². The summed E-state index contributed by atoms with van der Waals surface area (Å²) >= 11 is 0. The molecule has 0 radical (unpaired) electrons. The molecule has 0 aromatic heterocycles. The molecule has 2 fully saturated rings. The quantitative estimate of drug-likeness (QED) is 0.820. The Balaban J connectivity index is 1.59. The minimum Gasteiger partial charge on any atom is -0.316 e. The fourth-order valence-electron chi connectivity index (χ4n) is 3.62. The van der Waals surface area contributed by atoms with Crippen molar-refractivity contribution in [2.24, 2.45) is 5.92 Å². The molecule has 1 unspecified atom stereocenters. The van der Waals surface area contributed by atoms with E-state index in [-0.39, 0.29) is 0 Å². The maximum Gasteiger partial charge on any atom is 0.0233 e. The Kier molecular flexibility index (Phi) is 5.32. The first-order valence-electron chi connectivity index (χ1n) is 8.87. The molecular weight excluding hydrogens is 256 g/mol. The Hall–Kier alpha value is -0.860. The van der Waals surface area contributed by atoms with Gasteiger partial charge in [0.1, 0.15) is 0 Å². The zero-order chi connectivity index (χ0) is 14.5. The molecule has 21 heavy (non-hydrogen) atoms. The van der Waals surface area contributed by atoms with Gasteiger partial charge in [0.25, 0.3) is 0 Å². The molecule has 1 heterocycles. The summed E-state index contributed by atoms with van der Waals surface area (Å²) in [5.41, 5.74) is 3.08. The SMILES string of the molecule is CCCN(Cc1cccc(C2CC2)c1)CC1CCCNC1. The molecular formula is C19H30N2. The highest BCUT2D eigenvalue weighted by Crippen LogP contribution is 2.40. The molecule has 1 atom stereocenters. The van der Waals surface area contributed by atoms with E-state index in [1.807, 2.05) is 0 Å². The van der Waals surface area contributed by atoms with Crippen LogP contribution in [0, 0.1) is 5.92 Å². The zero-order valence-electron chi connectivity index (χ0n) is 13.5. The first-order valence-corrected chi connectivity index (χ1v) is 8.87. The van der Waals surface area contributed by atoms with Gasteiger partial charge in [-0.25, -0.2) is 0 Å². The molecule has 1 saturated heterocycles. The van der Waals surface area contributed by atoms with E-state index in [0.29, 0.717) is 0 Å². The van der Waals surface area contributed by atoms with Crippen LogP contribution < -0.4 is 5.32 Å². The van der Waals surface area contributed by atoms with Gasteiger partial charge in [0.15, 0.2) is 0 Å². The van der Waals surface area contributed by atoms with Crippen LogP contribution in [-0.4, -0.2) is 31.1 Å². The van der Waals surface area contributed by atoms with Crippen molar-refractivity contribution in [2.75, 3.05) is 26.2 Å². The van der Waals surface area contributed by atoms with Crippen LogP contribution in [0.25, 0.3) is 0 Å². The van der Waals surface area contributed by atoms with Crippen LogP contribution in [0.5, 0.6) is 0 Å². The molecule has 2 aliphatic rings. The zero-order valence-corrected chi connectivity index (χ0v) is 13.5. The lowest BCUT2D eigenvalue weighted by Gasteiger charge is -2.30. The molecule has 1 aliphatic heterocycles. The second kappa shape index (κ2) is 7.42. The van der Waals surface area contributed by atoms with Gasteiger partial charge in [0, 0.05) is 13.1 Å². The minimum absolute atomic E-state index is 0.844. The summed E-state index contributed by atoms with van der Waals surface area (Å²) in [4.78, 5) is 2.67. The van der Waals surface area contributed by atoms with Crippen LogP contribution >= 0.6 is 0 Å². The molecule has 1 aromatic carbocycles. The van der Waals surface area contributed by atoms with Crippen molar-refractivity contribution >= 4 is 0 Å². The van der Waals surface area contributed by atoms with Crippen LogP contribution in [0.4, 0.5) is 0 Å². The minimum atomic E-state index is 0.844. The van der Waals surface area contributed by atoms with Crippen molar-refractivity contribution in [2.45, 2.75) is 51.5 Å². The van der Waals surface area contributed by atoms with Crippen molar-refractivity contribution in [1.29, 1.82) is 0 Å². The molecule has 3 rings (SSSR count). The molecule has 1 aromatic rings. The van der Waals surface area contributed by atoms with Gasteiger partial charge >= 0.3 is 0 Å². The van der Waals surface area contributed by atoms with Gasteiger partial charge in [0.2, 0.25) is 0 Å². The lowest BCUT2D eigenvalue weighted by Crippen LogP contribution is -2.38. The van der Waals surface area contributed by atoms with Crippen LogP contribution in [0.2, 0.25) is 0 Å². The van der Waals surface area contributed by atoms with E-state index in [1.165, 1.54) is 63.8 Å². The molecule has 1 N–H and O–H groups in total. The number of benzene rings is 1. The average Bonchev–Trinajstić information content (AvgIpc) is 3.33. The van der Waals surface area contributed by atoms with Crippen molar-refractivity contribution < 1.29 is 0 Å². The Bertz CT molecular complexity index is 433. The fourth-order valence-corrected chi connectivity index (χ4v) is 3.62. The molecule has 0 spiro atoms. The Labute approximate surface area is 129 Å². The number of rotatable bonds is 7. The van der Waals surface area contributed by atoms with Crippen molar-refractivity contribution in [3.05, 3.63) is 35.4 Å². The highest BCUT2D eigenvalue weighted by Gasteiger charge is 2.23. The first kappa shape index (κ1) is 15.1.